The fourth-order valence-electron chi connectivity index (χ4n) is 1.89. The van der Waals surface area contributed by atoms with Crippen LogP contribution in [0, 0.1) is 0 Å². The lowest BCUT2D eigenvalue weighted by molar-refractivity contribution is 0.317. The summed E-state index contributed by atoms with van der Waals surface area (Å²) in [7, 11) is 1.63. The Morgan fingerprint density at radius 3 is 3.06 bits per heavy atom. The standard InChI is InChI=1S/C12H18N4O2/c1-18-10-3-2-7-14-12(10)16(9-4-5-9)8-6-11(13)15-17/h2-3,7,9,17H,4-6,8H2,1H3,(H2,13,15). The van der Waals surface area contributed by atoms with Gasteiger partial charge in [0.15, 0.2) is 11.6 Å². The van der Waals surface area contributed by atoms with Gasteiger partial charge in [-0.2, -0.15) is 0 Å². The number of nitrogens with two attached hydrogens (primary N) is 1. The van der Waals surface area contributed by atoms with Crippen molar-refractivity contribution in [3.05, 3.63) is 18.3 Å². The fraction of sp³-hybridized carbons (Fsp3) is 0.500. The molecule has 6 heteroatoms. The molecule has 0 aromatic carbocycles. The molecule has 1 aromatic heterocycles. The second-order valence-corrected chi connectivity index (χ2v) is 4.30. The summed E-state index contributed by atoms with van der Waals surface area (Å²) >= 11 is 0. The Hall–Kier alpha value is -1.98. The van der Waals surface area contributed by atoms with Crippen LogP contribution in [0.15, 0.2) is 23.5 Å². The van der Waals surface area contributed by atoms with Crippen LogP contribution in [0.3, 0.4) is 0 Å². The number of methoxy groups -OCH3 is 1. The normalized spacial score (nSPS) is 15.5. The summed E-state index contributed by atoms with van der Waals surface area (Å²) in [5.41, 5.74) is 5.51. The predicted molar refractivity (Wildman–Crippen MR) is 69.2 cm³/mol. The van der Waals surface area contributed by atoms with E-state index in [9.17, 15) is 0 Å². The third-order valence-electron chi connectivity index (χ3n) is 2.97. The maximum Gasteiger partial charge on any atom is 0.171 e. The SMILES string of the molecule is COc1cccnc1N(CC/C(N)=N/O)C1CC1. The molecule has 0 aliphatic heterocycles. The molecule has 1 heterocycles. The van der Waals surface area contributed by atoms with Crippen LogP contribution in [-0.4, -0.2) is 35.7 Å². The number of amidine groups is 1. The van der Waals surface area contributed by atoms with Gasteiger partial charge >= 0.3 is 0 Å². The fourth-order valence-corrected chi connectivity index (χ4v) is 1.89. The average Bonchev–Trinajstić information content (AvgIpc) is 3.23. The van der Waals surface area contributed by atoms with E-state index in [1.54, 1.807) is 13.3 Å². The molecule has 0 bridgehead atoms. The van der Waals surface area contributed by atoms with E-state index in [4.69, 9.17) is 15.7 Å². The number of anilines is 1. The van der Waals surface area contributed by atoms with E-state index in [1.165, 1.54) is 0 Å². The van der Waals surface area contributed by atoms with Gasteiger partial charge in [-0.25, -0.2) is 4.98 Å². The van der Waals surface area contributed by atoms with Crippen LogP contribution in [0.25, 0.3) is 0 Å². The number of hydrogen-bond donors (Lipinski definition) is 2. The van der Waals surface area contributed by atoms with E-state index in [1.807, 2.05) is 12.1 Å². The predicted octanol–water partition coefficient (Wildman–Crippen LogP) is 1.20. The number of nitrogens with zero attached hydrogens (tertiary/aromatic N) is 3. The first-order valence-electron chi connectivity index (χ1n) is 5.98. The Balaban J connectivity index is 2.14. The molecule has 1 saturated carbocycles. The van der Waals surface area contributed by atoms with Crippen LogP contribution in [0.1, 0.15) is 19.3 Å². The van der Waals surface area contributed by atoms with Gasteiger partial charge in [-0.1, -0.05) is 5.16 Å². The average molecular weight is 250 g/mol. The van der Waals surface area contributed by atoms with Crippen molar-refractivity contribution in [3.8, 4) is 5.75 Å². The van der Waals surface area contributed by atoms with E-state index in [-0.39, 0.29) is 5.84 Å². The molecule has 0 unspecified atom stereocenters. The van der Waals surface area contributed by atoms with Crippen LogP contribution >= 0.6 is 0 Å². The van der Waals surface area contributed by atoms with E-state index >= 15 is 0 Å². The summed E-state index contributed by atoms with van der Waals surface area (Å²) in [4.78, 5) is 6.54. The molecule has 0 radical (unpaired) electrons. The molecule has 1 aliphatic rings. The van der Waals surface area contributed by atoms with Crippen molar-refractivity contribution >= 4 is 11.7 Å². The van der Waals surface area contributed by atoms with Gasteiger partial charge in [0.05, 0.1) is 7.11 Å². The number of hydrogen-bond acceptors (Lipinski definition) is 5. The molecule has 1 fully saturated rings. The molecular weight excluding hydrogens is 232 g/mol. The lowest BCUT2D eigenvalue weighted by atomic mass is 10.3. The Labute approximate surface area is 106 Å². The van der Waals surface area contributed by atoms with Crippen molar-refractivity contribution in [3.63, 3.8) is 0 Å². The highest BCUT2D eigenvalue weighted by atomic mass is 16.5. The molecule has 6 nitrogen and oxygen atoms in total. The number of rotatable bonds is 6. The summed E-state index contributed by atoms with van der Waals surface area (Å²) in [6.45, 7) is 0.675. The lowest BCUT2D eigenvalue weighted by Gasteiger charge is -2.24. The molecule has 0 atom stereocenters. The van der Waals surface area contributed by atoms with Gasteiger partial charge in [0.1, 0.15) is 5.84 Å². The van der Waals surface area contributed by atoms with E-state index in [0.29, 0.717) is 19.0 Å². The number of ether oxygens (including phenoxy) is 1. The van der Waals surface area contributed by atoms with Gasteiger partial charge < -0.3 is 20.6 Å². The summed E-state index contributed by atoms with van der Waals surface area (Å²) in [5.74, 6) is 1.81. The van der Waals surface area contributed by atoms with Crippen molar-refractivity contribution in [1.29, 1.82) is 0 Å². The smallest absolute Gasteiger partial charge is 0.171 e. The summed E-state index contributed by atoms with van der Waals surface area (Å²) < 4.78 is 5.32. The Kier molecular flexibility index (Phi) is 3.86. The molecule has 3 N–H and O–H groups in total. The summed E-state index contributed by atoms with van der Waals surface area (Å²) in [5, 5.41) is 11.6. The monoisotopic (exact) mass is 250 g/mol. The zero-order valence-electron chi connectivity index (χ0n) is 10.4. The van der Waals surface area contributed by atoms with Gasteiger partial charge in [-0.15, -0.1) is 0 Å². The third kappa shape index (κ3) is 2.82. The largest absolute Gasteiger partial charge is 0.493 e. The minimum atomic E-state index is 0.232. The topological polar surface area (TPSA) is 84.0 Å². The first-order chi connectivity index (χ1) is 8.76. The zero-order chi connectivity index (χ0) is 13.0. The van der Waals surface area contributed by atoms with Crippen LogP contribution in [0.2, 0.25) is 0 Å². The number of aromatic nitrogens is 1. The lowest BCUT2D eigenvalue weighted by Crippen LogP contribution is -2.31. The summed E-state index contributed by atoms with van der Waals surface area (Å²) in [6, 6.07) is 4.22. The van der Waals surface area contributed by atoms with Gasteiger partial charge in [-0.05, 0) is 25.0 Å². The van der Waals surface area contributed by atoms with Crippen molar-refractivity contribution in [1.82, 2.24) is 4.98 Å². The minimum absolute atomic E-state index is 0.232. The highest BCUT2D eigenvalue weighted by Gasteiger charge is 2.31. The number of pyridine rings is 1. The number of oxime groups is 1. The molecule has 0 saturated heterocycles. The molecule has 0 amide bonds. The zero-order valence-corrected chi connectivity index (χ0v) is 10.4. The molecule has 1 aliphatic carbocycles. The maximum absolute atomic E-state index is 8.58. The van der Waals surface area contributed by atoms with Gasteiger partial charge in [0.2, 0.25) is 0 Å². The van der Waals surface area contributed by atoms with Crippen LogP contribution < -0.4 is 15.4 Å². The Morgan fingerprint density at radius 2 is 2.44 bits per heavy atom. The molecule has 18 heavy (non-hydrogen) atoms. The summed E-state index contributed by atoms with van der Waals surface area (Å²) in [6.07, 6.45) is 4.55. The van der Waals surface area contributed by atoms with Crippen LogP contribution in [-0.2, 0) is 0 Å². The van der Waals surface area contributed by atoms with Crippen molar-refractivity contribution in [2.45, 2.75) is 25.3 Å². The van der Waals surface area contributed by atoms with Crippen molar-refractivity contribution < 1.29 is 9.94 Å². The van der Waals surface area contributed by atoms with E-state index in [0.717, 1.165) is 24.4 Å². The first kappa shape index (κ1) is 12.5. The second kappa shape index (κ2) is 5.57. The molecule has 0 spiro atoms. The van der Waals surface area contributed by atoms with Crippen LogP contribution in [0.4, 0.5) is 5.82 Å². The quantitative estimate of drug-likeness (QED) is 0.343. The van der Waals surface area contributed by atoms with Crippen LogP contribution in [0.5, 0.6) is 5.75 Å². The minimum Gasteiger partial charge on any atom is -0.493 e. The Morgan fingerprint density at radius 1 is 1.67 bits per heavy atom. The maximum atomic E-state index is 8.58. The molecule has 1 aromatic rings. The van der Waals surface area contributed by atoms with Gasteiger partial charge in [0.25, 0.3) is 0 Å². The van der Waals surface area contributed by atoms with Gasteiger partial charge in [-0.3, -0.25) is 0 Å². The van der Waals surface area contributed by atoms with Gasteiger partial charge in [0, 0.05) is 25.2 Å². The third-order valence-corrected chi connectivity index (χ3v) is 2.97. The highest BCUT2D eigenvalue weighted by Crippen LogP contribution is 2.35. The highest BCUT2D eigenvalue weighted by molar-refractivity contribution is 5.80. The van der Waals surface area contributed by atoms with E-state index < -0.39 is 0 Å². The van der Waals surface area contributed by atoms with Crippen molar-refractivity contribution in [2.75, 3.05) is 18.6 Å². The van der Waals surface area contributed by atoms with Crippen molar-refractivity contribution in [2.24, 2.45) is 10.9 Å². The Bertz CT molecular complexity index is 432. The first-order valence-corrected chi connectivity index (χ1v) is 5.98. The molecular formula is C12H18N4O2. The van der Waals surface area contributed by atoms with E-state index in [2.05, 4.69) is 15.0 Å². The second-order valence-electron chi connectivity index (χ2n) is 4.30. The molecule has 2 rings (SSSR count). The molecule has 98 valence electrons.